The Kier molecular flexibility index (Phi) is 4.07. The summed E-state index contributed by atoms with van der Waals surface area (Å²) in [5.41, 5.74) is 2.48. The van der Waals surface area contributed by atoms with Crippen LogP contribution in [0.3, 0.4) is 0 Å². The fourth-order valence-corrected chi connectivity index (χ4v) is 2.01. The van der Waals surface area contributed by atoms with E-state index in [-0.39, 0.29) is 11.1 Å². The smallest absolute Gasteiger partial charge is 0.221 e. The Morgan fingerprint density at radius 3 is 2.68 bits per heavy atom. The molecule has 1 amide bonds. The molecule has 1 heterocycles. The normalized spacial score (nSPS) is 10.3. The summed E-state index contributed by atoms with van der Waals surface area (Å²) in [5.74, 6) is -0.142. The van der Waals surface area contributed by atoms with Crippen molar-refractivity contribution < 1.29 is 4.79 Å². The van der Waals surface area contributed by atoms with Gasteiger partial charge in [-0.05, 0) is 12.1 Å². The van der Waals surface area contributed by atoms with Crippen LogP contribution in [-0.4, -0.2) is 23.7 Å². The third-order valence-corrected chi connectivity index (χ3v) is 3.05. The van der Waals surface area contributed by atoms with E-state index >= 15 is 0 Å². The van der Waals surface area contributed by atoms with Gasteiger partial charge in [-0.2, -0.15) is 0 Å². The first-order valence-electron chi connectivity index (χ1n) is 5.55. The van der Waals surface area contributed by atoms with Crippen LogP contribution in [0.5, 0.6) is 0 Å². The van der Waals surface area contributed by atoms with Crippen molar-refractivity contribution in [3.63, 3.8) is 0 Å². The molecule has 96 valence electrons. The molecule has 1 aromatic carbocycles. The Hall–Kier alpha value is -1.59. The second kappa shape index (κ2) is 5.59. The van der Waals surface area contributed by atoms with Crippen LogP contribution < -0.4 is 10.9 Å². The van der Waals surface area contributed by atoms with E-state index < -0.39 is 0 Å². The van der Waals surface area contributed by atoms with Gasteiger partial charge in [-0.15, -0.1) is 0 Å². The molecule has 0 aliphatic carbocycles. The van der Waals surface area contributed by atoms with Gasteiger partial charge in [0.25, 0.3) is 0 Å². The van der Waals surface area contributed by atoms with Crippen molar-refractivity contribution in [1.82, 2.24) is 9.97 Å². The van der Waals surface area contributed by atoms with Crippen molar-refractivity contribution >= 4 is 48.2 Å². The van der Waals surface area contributed by atoms with E-state index in [2.05, 4.69) is 15.3 Å². The number of hydrogen-bond donors (Lipinski definition) is 1. The summed E-state index contributed by atoms with van der Waals surface area (Å²) in [5, 5.41) is 3.29. The fraction of sp³-hybridized carbons (Fsp3) is 0.0833. The Balaban J connectivity index is 2.47. The molecule has 0 atom stereocenters. The lowest BCUT2D eigenvalue weighted by atomic mass is 10.1. The molecule has 2 rings (SSSR count). The number of nitrogens with one attached hydrogen (secondary N) is 1. The van der Waals surface area contributed by atoms with Crippen LogP contribution in [-0.2, 0) is 4.79 Å². The number of carbonyl (C=O) groups excluding carboxylic acids is 1. The summed E-state index contributed by atoms with van der Waals surface area (Å²) in [6.07, 6.45) is 0. The molecule has 4 nitrogen and oxygen atoms in total. The van der Waals surface area contributed by atoms with E-state index in [0.717, 1.165) is 5.56 Å². The van der Waals surface area contributed by atoms with Crippen LogP contribution in [0.1, 0.15) is 6.92 Å². The van der Waals surface area contributed by atoms with Crippen molar-refractivity contribution in [1.29, 1.82) is 0 Å². The Morgan fingerprint density at radius 2 is 2.00 bits per heavy atom. The van der Waals surface area contributed by atoms with Gasteiger partial charge in [0, 0.05) is 23.8 Å². The molecule has 0 saturated carbocycles. The quantitative estimate of drug-likeness (QED) is 0.857. The van der Waals surface area contributed by atoms with Crippen molar-refractivity contribution in [2.45, 2.75) is 6.92 Å². The summed E-state index contributed by atoms with van der Waals surface area (Å²) in [4.78, 5) is 19.4. The maximum absolute atomic E-state index is 11.0. The molecule has 2 aromatic rings. The predicted octanol–water partition coefficient (Wildman–Crippen LogP) is 1.67. The van der Waals surface area contributed by atoms with Crippen LogP contribution >= 0.6 is 23.2 Å². The average Bonchev–Trinajstić information content (AvgIpc) is 2.33. The molecule has 0 aliphatic rings. The van der Waals surface area contributed by atoms with Gasteiger partial charge < -0.3 is 5.32 Å². The highest BCUT2D eigenvalue weighted by Gasteiger charge is 2.11. The molecule has 1 aromatic heterocycles. The van der Waals surface area contributed by atoms with Gasteiger partial charge >= 0.3 is 0 Å². The largest absolute Gasteiger partial charge is 0.326 e. The van der Waals surface area contributed by atoms with E-state index in [9.17, 15) is 4.79 Å². The first-order chi connectivity index (χ1) is 8.97. The van der Waals surface area contributed by atoms with Crippen LogP contribution in [0.15, 0.2) is 24.3 Å². The van der Waals surface area contributed by atoms with Gasteiger partial charge in [0.1, 0.15) is 10.8 Å². The molecule has 0 bridgehead atoms. The first kappa shape index (κ1) is 13.8. The number of hydrogen-bond acceptors (Lipinski definition) is 3. The summed E-state index contributed by atoms with van der Waals surface area (Å²) in [6.45, 7) is 1.45. The van der Waals surface area contributed by atoms with Gasteiger partial charge in [0.05, 0.1) is 0 Å². The SMILES string of the molecule is Bc1nc(Cl)c(-c2cccc(NC(C)=O)c2)nc1Cl. The molecule has 0 aliphatic heterocycles. The third-order valence-electron chi connectivity index (χ3n) is 2.43. The lowest BCUT2D eigenvalue weighted by molar-refractivity contribution is -0.114. The van der Waals surface area contributed by atoms with Crippen molar-refractivity contribution in [3.8, 4) is 11.3 Å². The van der Waals surface area contributed by atoms with Crippen LogP contribution in [0.25, 0.3) is 11.3 Å². The van der Waals surface area contributed by atoms with Crippen molar-refractivity contribution in [2.75, 3.05) is 5.32 Å². The highest BCUT2D eigenvalue weighted by atomic mass is 35.5. The third kappa shape index (κ3) is 3.25. The van der Waals surface area contributed by atoms with Gasteiger partial charge in [-0.1, -0.05) is 35.3 Å². The molecule has 7 heteroatoms. The molecule has 0 spiro atoms. The molecule has 1 N–H and O–H groups in total. The average molecular weight is 294 g/mol. The van der Waals surface area contributed by atoms with Crippen LogP contribution in [0.4, 0.5) is 5.69 Å². The predicted molar refractivity (Wildman–Crippen MR) is 80.0 cm³/mol. The monoisotopic (exact) mass is 293 g/mol. The number of rotatable bonds is 2. The number of anilines is 1. The Labute approximate surface area is 121 Å². The zero-order valence-corrected chi connectivity index (χ0v) is 11.9. The molecular weight excluding hydrogens is 284 g/mol. The molecular formula is C12H10BCl2N3O. The van der Waals surface area contributed by atoms with Crippen molar-refractivity contribution in [3.05, 3.63) is 34.6 Å². The zero-order chi connectivity index (χ0) is 14.0. The molecule has 0 saturated heterocycles. The maximum Gasteiger partial charge on any atom is 0.221 e. The van der Waals surface area contributed by atoms with E-state index in [0.29, 0.717) is 22.1 Å². The maximum atomic E-state index is 11.0. The minimum Gasteiger partial charge on any atom is -0.326 e. The van der Waals surface area contributed by atoms with Gasteiger partial charge in [0.15, 0.2) is 13.0 Å². The van der Waals surface area contributed by atoms with Gasteiger partial charge in [-0.25, -0.2) is 9.97 Å². The minimum absolute atomic E-state index is 0.142. The number of amides is 1. The van der Waals surface area contributed by atoms with Gasteiger partial charge in [-0.3, -0.25) is 4.79 Å². The van der Waals surface area contributed by atoms with E-state index in [1.54, 1.807) is 26.0 Å². The fourth-order valence-electron chi connectivity index (χ4n) is 1.60. The first-order valence-corrected chi connectivity index (χ1v) is 6.30. The zero-order valence-electron chi connectivity index (χ0n) is 10.4. The standard InChI is InChI=1S/C12H10BCl2N3O/c1-6(19)16-8-4-2-3-7(5-8)9-11(14)18-10(13)12(15)17-9/h2-5H,13H2,1H3,(H,16,19). The van der Waals surface area contributed by atoms with E-state index in [1.165, 1.54) is 6.92 Å². The minimum atomic E-state index is -0.142. The lowest BCUT2D eigenvalue weighted by Crippen LogP contribution is -2.12. The number of halogens is 2. The van der Waals surface area contributed by atoms with E-state index in [4.69, 9.17) is 23.2 Å². The second-order valence-corrected chi connectivity index (χ2v) is 4.72. The van der Waals surface area contributed by atoms with Crippen LogP contribution in [0.2, 0.25) is 10.3 Å². The summed E-state index contributed by atoms with van der Waals surface area (Å²) < 4.78 is 0. The summed E-state index contributed by atoms with van der Waals surface area (Å²) in [6, 6.07) is 7.17. The highest BCUT2D eigenvalue weighted by molar-refractivity contribution is 6.44. The molecule has 0 unspecified atom stereocenters. The number of aromatic nitrogens is 2. The summed E-state index contributed by atoms with van der Waals surface area (Å²) >= 11 is 12.0. The lowest BCUT2D eigenvalue weighted by Gasteiger charge is -2.08. The highest BCUT2D eigenvalue weighted by Crippen LogP contribution is 2.26. The van der Waals surface area contributed by atoms with Crippen LogP contribution in [0, 0.1) is 0 Å². The van der Waals surface area contributed by atoms with Gasteiger partial charge in [0.2, 0.25) is 5.91 Å². The molecule has 19 heavy (non-hydrogen) atoms. The molecule has 0 fully saturated rings. The van der Waals surface area contributed by atoms with E-state index in [1.807, 2.05) is 6.07 Å². The number of nitrogens with zero attached hydrogens (tertiary/aromatic N) is 2. The topological polar surface area (TPSA) is 54.9 Å². The van der Waals surface area contributed by atoms with Crippen molar-refractivity contribution in [2.24, 2.45) is 0 Å². The Morgan fingerprint density at radius 1 is 1.26 bits per heavy atom. The second-order valence-electron chi connectivity index (χ2n) is 4.00. The number of carbonyl (C=O) groups is 1. The Bertz CT molecular complexity index is 649. The summed E-state index contributed by atoms with van der Waals surface area (Å²) in [7, 11) is 1.73. The number of benzene rings is 1. The molecule has 0 radical (unpaired) electrons.